The molecule has 1 aliphatic rings. The molecule has 0 fully saturated rings. The maximum atomic E-state index is 12.8. The van der Waals surface area contributed by atoms with E-state index in [1.807, 2.05) is 0 Å². The Morgan fingerprint density at radius 3 is 2.56 bits per heavy atom. The van der Waals surface area contributed by atoms with Crippen molar-refractivity contribution in [1.82, 2.24) is 0 Å². The number of halogens is 4. The first-order valence-corrected chi connectivity index (χ1v) is 5.03. The third-order valence-electron chi connectivity index (χ3n) is 2.98. The van der Waals surface area contributed by atoms with Crippen molar-refractivity contribution in [2.24, 2.45) is 5.41 Å². The Hall–Kier alpha value is -1.03. The number of benzene rings is 1. The molecule has 0 aromatic heterocycles. The number of fused-ring (bicyclic) bond motifs is 1. The molecule has 0 spiro atoms. The number of carbonyl (C=O) groups excluding carboxylic acids is 1. The number of carbonyl (C=O) groups is 1. The summed E-state index contributed by atoms with van der Waals surface area (Å²) in [6, 6.07) is 4.21. The number of hydrogen-bond donors (Lipinski definition) is 0. The van der Waals surface area contributed by atoms with Crippen molar-refractivity contribution >= 4 is 17.4 Å². The van der Waals surface area contributed by atoms with Crippen LogP contribution in [0.15, 0.2) is 18.2 Å². The SMILES string of the molecule is CC1(C(F)(F)F)Cc2cc(Cl)ccc2C1=O. The van der Waals surface area contributed by atoms with Gasteiger partial charge in [0.2, 0.25) is 0 Å². The Bertz CT molecular complexity index is 467. The highest BCUT2D eigenvalue weighted by molar-refractivity contribution is 6.30. The molecule has 0 heterocycles. The highest BCUT2D eigenvalue weighted by Gasteiger charge is 2.59. The minimum atomic E-state index is -4.53. The smallest absolute Gasteiger partial charge is 0.293 e. The topological polar surface area (TPSA) is 17.1 Å². The normalized spacial score (nSPS) is 24.7. The quantitative estimate of drug-likeness (QED) is 0.685. The van der Waals surface area contributed by atoms with E-state index in [1.165, 1.54) is 18.2 Å². The van der Waals surface area contributed by atoms with Crippen LogP contribution in [-0.4, -0.2) is 12.0 Å². The third kappa shape index (κ3) is 1.44. The molecular weight excluding hydrogens is 241 g/mol. The minimum absolute atomic E-state index is 0.129. The van der Waals surface area contributed by atoms with Gasteiger partial charge in [-0.05, 0) is 37.1 Å². The van der Waals surface area contributed by atoms with Gasteiger partial charge in [-0.3, -0.25) is 4.79 Å². The zero-order valence-electron chi connectivity index (χ0n) is 8.36. The second kappa shape index (κ2) is 3.23. The molecule has 0 bridgehead atoms. The minimum Gasteiger partial charge on any atom is -0.293 e. The van der Waals surface area contributed by atoms with Crippen LogP contribution in [0.3, 0.4) is 0 Å². The van der Waals surface area contributed by atoms with Gasteiger partial charge >= 0.3 is 6.18 Å². The Morgan fingerprint density at radius 2 is 2.00 bits per heavy atom. The molecule has 0 aliphatic heterocycles. The van der Waals surface area contributed by atoms with Gasteiger partial charge in [0.1, 0.15) is 5.41 Å². The fourth-order valence-corrected chi connectivity index (χ4v) is 2.11. The van der Waals surface area contributed by atoms with Crippen LogP contribution in [-0.2, 0) is 6.42 Å². The van der Waals surface area contributed by atoms with Crippen molar-refractivity contribution in [3.63, 3.8) is 0 Å². The Morgan fingerprint density at radius 1 is 1.38 bits per heavy atom. The molecule has 0 saturated carbocycles. The Labute approximate surface area is 95.2 Å². The zero-order chi connectivity index (χ0) is 12.1. The van der Waals surface area contributed by atoms with Gasteiger partial charge in [0.05, 0.1) is 0 Å². The summed E-state index contributed by atoms with van der Waals surface area (Å²) >= 11 is 5.69. The number of alkyl halides is 3. The molecular formula is C11H8ClF3O. The molecule has 1 atom stereocenters. The van der Waals surface area contributed by atoms with Crippen LogP contribution in [0.25, 0.3) is 0 Å². The molecule has 86 valence electrons. The third-order valence-corrected chi connectivity index (χ3v) is 3.22. The summed E-state index contributed by atoms with van der Waals surface area (Å²) in [5, 5.41) is 0.345. The van der Waals surface area contributed by atoms with Crippen LogP contribution in [0.4, 0.5) is 13.2 Å². The predicted octanol–water partition coefficient (Wildman–Crippen LogP) is 3.65. The maximum Gasteiger partial charge on any atom is 0.401 e. The Kier molecular flexibility index (Phi) is 2.31. The Balaban J connectivity index is 2.53. The molecule has 16 heavy (non-hydrogen) atoms. The van der Waals surface area contributed by atoms with Gasteiger partial charge in [-0.25, -0.2) is 0 Å². The highest BCUT2D eigenvalue weighted by atomic mass is 35.5. The van der Waals surface area contributed by atoms with Crippen molar-refractivity contribution in [2.45, 2.75) is 19.5 Å². The molecule has 0 amide bonds. The van der Waals surface area contributed by atoms with Gasteiger partial charge in [-0.1, -0.05) is 11.6 Å². The highest BCUT2D eigenvalue weighted by Crippen LogP contribution is 2.48. The van der Waals surface area contributed by atoms with E-state index in [0.717, 1.165) is 6.92 Å². The van der Waals surface area contributed by atoms with Crippen molar-refractivity contribution < 1.29 is 18.0 Å². The number of ketones is 1. The van der Waals surface area contributed by atoms with Crippen LogP contribution < -0.4 is 0 Å². The van der Waals surface area contributed by atoms with Crippen molar-refractivity contribution in [1.29, 1.82) is 0 Å². The molecule has 1 aromatic rings. The lowest BCUT2D eigenvalue weighted by molar-refractivity contribution is -0.196. The second-order valence-corrected chi connectivity index (χ2v) is 4.57. The summed E-state index contributed by atoms with van der Waals surface area (Å²) in [6.07, 6.45) is -4.86. The fraction of sp³-hybridized carbons (Fsp3) is 0.364. The molecule has 2 rings (SSSR count). The van der Waals surface area contributed by atoms with Crippen molar-refractivity contribution in [3.8, 4) is 0 Å². The van der Waals surface area contributed by atoms with E-state index in [-0.39, 0.29) is 12.0 Å². The van der Waals surface area contributed by atoms with Gasteiger partial charge in [0.15, 0.2) is 5.78 Å². The molecule has 1 aliphatic carbocycles. The van der Waals surface area contributed by atoms with Gasteiger partial charge in [0.25, 0.3) is 0 Å². The zero-order valence-corrected chi connectivity index (χ0v) is 9.12. The summed E-state index contributed by atoms with van der Waals surface area (Å²) in [6.45, 7) is 0.934. The van der Waals surface area contributed by atoms with E-state index < -0.39 is 17.4 Å². The lowest BCUT2D eigenvalue weighted by atomic mass is 9.85. The average Bonchev–Trinajstić information content (AvgIpc) is 2.39. The first-order valence-electron chi connectivity index (χ1n) is 4.66. The van der Waals surface area contributed by atoms with Gasteiger partial charge in [-0.2, -0.15) is 13.2 Å². The van der Waals surface area contributed by atoms with Crippen LogP contribution in [0.2, 0.25) is 5.02 Å². The molecule has 1 aromatic carbocycles. The van der Waals surface area contributed by atoms with Gasteiger partial charge < -0.3 is 0 Å². The standard InChI is InChI=1S/C11H8ClF3O/c1-10(11(13,14)15)5-6-4-7(12)2-3-8(6)9(10)16/h2-4H,5H2,1H3. The van der Waals surface area contributed by atoms with Crippen LogP contribution in [0, 0.1) is 5.41 Å². The average molecular weight is 249 g/mol. The predicted molar refractivity (Wildman–Crippen MR) is 53.6 cm³/mol. The first-order chi connectivity index (χ1) is 7.25. The molecule has 0 N–H and O–H groups in total. The molecule has 1 unspecified atom stereocenters. The number of hydrogen-bond acceptors (Lipinski definition) is 1. The second-order valence-electron chi connectivity index (χ2n) is 4.14. The van der Waals surface area contributed by atoms with E-state index in [1.54, 1.807) is 0 Å². The van der Waals surface area contributed by atoms with E-state index >= 15 is 0 Å². The molecule has 5 heteroatoms. The molecule has 0 radical (unpaired) electrons. The summed E-state index contributed by atoms with van der Waals surface area (Å²) < 4.78 is 38.4. The van der Waals surface area contributed by atoms with Crippen LogP contribution in [0.1, 0.15) is 22.8 Å². The van der Waals surface area contributed by atoms with E-state index in [0.29, 0.717) is 10.6 Å². The lowest BCUT2D eigenvalue weighted by Crippen LogP contribution is -2.40. The maximum absolute atomic E-state index is 12.8. The van der Waals surface area contributed by atoms with E-state index in [4.69, 9.17) is 11.6 Å². The fourth-order valence-electron chi connectivity index (χ4n) is 1.92. The van der Waals surface area contributed by atoms with Gasteiger partial charge in [0, 0.05) is 10.6 Å². The first kappa shape index (κ1) is 11.5. The van der Waals surface area contributed by atoms with Crippen molar-refractivity contribution in [2.75, 3.05) is 0 Å². The summed E-state index contributed by atoms with van der Waals surface area (Å²) in [5.41, 5.74) is -1.80. The van der Waals surface area contributed by atoms with Crippen molar-refractivity contribution in [3.05, 3.63) is 34.3 Å². The summed E-state index contributed by atoms with van der Waals surface area (Å²) in [4.78, 5) is 11.7. The largest absolute Gasteiger partial charge is 0.401 e. The number of Topliss-reactive ketones (excluding diaryl/α,β-unsaturated/α-hetero) is 1. The summed E-state index contributed by atoms with van der Waals surface area (Å²) in [7, 11) is 0. The lowest BCUT2D eigenvalue weighted by Gasteiger charge is -2.24. The monoisotopic (exact) mass is 248 g/mol. The molecule has 1 nitrogen and oxygen atoms in total. The summed E-state index contributed by atoms with van der Waals surface area (Å²) in [5.74, 6) is -0.869. The van der Waals surface area contributed by atoms with E-state index in [9.17, 15) is 18.0 Å². The van der Waals surface area contributed by atoms with Crippen LogP contribution >= 0.6 is 11.6 Å². The molecule has 0 saturated heterocycles. The van der Waals surface area contributed by atoms with Crippen LogP contribution in [0.5, 0.6) is 0 Å². The van der Waals surface area contributed by atoms with E-state index in [2.05, 4.69) is 0 Å². The van der Waals surface area contributed by atoms with Gasteiger partial charge in [-0.15, -0.1) is 0 Å². The number of rotatable bonds is 0.